The molecule has 0 unspecified atom stereocenters. The van der Waals surface area contributed by atoms with E-state index in [4.69, 9.17) is 9.37 Å². The summed E-state index contributed by atoms with van der Waals surface area (Å²) in [5.41, 5.74) is 2.02. The van der Waals surface area contributed by atoms with Crippen LogP contribution in [-0.4, -0.2) is 153 Å². The van der Waals surface area contributed by atoms with Gasteiger partial charge in [-0.1, -0.05) is 52.2 Å². The van der Waals surface area contributed by atoms with Crippen LogP contribution in [0.15, 0.2) is 40.6 Å². The minimum absolute atomic E-state index is 0.0504. The number of hydrogen-bond acceptors (Lipinski definition) is 18. The summed E-state index contributed by atoms with van der Waals surface area (Å²) in [5.74, 6) is -5.00. The lowest BCUT2D eigenvalue weighted by molar-refractivity contribution is -0.383. The molecular formula is C59H84N12O15. The quantitative estimate of drug-likeness (QED) is 0.0136. The van der Waals surface area contributed by atoms with Gasteiger partial charge in [-0.05, 0) is 142 Å². The molecule has 470 valence electrons. The van der Waals surface area contributed by atoms with Gasteiger partial charge in [0.05, 0.1) is 23.8 Å². The lowest BCUT2D eigenvalue weighted by Gasteiger charge is -2.57. The number of unbranched alkanes of at least 4 members (excludes halogenated alkanes) is 3. The molecule has 4 aliphatic carbocycles. The Morgan fingerprint density at radius 3 is 2.16 bits per heavy atom. The summed E-state index contributed by atoms with van der Waals surface area (Å²) in [6, 6.07) is -3.84. The van der Waals surface area contributed by atoms with E-state index in [1.807, 2.05) is 0 Å². The van der Waals surface area contributed by atoms with E-state index in [0.29, 0.717) is 55.0 Å². The number of nitrogens with zero attached hydrogens (tertiary/aromatic N) is 4. The summed E-state index contributed by atoms with van der Waals surface area (Å²) in [7, 11) is 0. The molecule has 1 aromatic heterocycles. The standard InChI is InChI=1S/C59H84N12O15/c1-33(2)50(67-45(73)15-8-7-11-28-70-47(75)20-21-48(70)76)57(82)64-34(3)53(78)63-35(4)54(79)65-42(14-9-10-27-60-41-18-19-44(71(83)84)52-51(41)68-86-69-52)56(81)66-43(32-72)55(80)62-30-46(74)61-31-49(77)85-37-22-26-59(6)36(29-37)16-17-38-39-13-12-24-58(39,5)25-23-40(38)59/h16,18-21,33-35,37-40,42-43,50,60,72H,7-15,17,22-32H2,1-6H3,(H,61,74)(H,62,80)(H,63,78)(H,64,82)(H,65,79)(H,66,81)(H,67,73)/t34-,35-,37-,38-,39-,40-,42-,43-,50-,58-,59-/m0/s1. The van der Waals surface area contributed by atoms with Crippen molar-refractivity contribution in [2.75, 3.05) is 38.1 Å². The summed E-state index contributed by atoms with van der Waals surface area (Å²) in [4.78, 5) is 142. The molecule has 86 heavy (non-hydrogen) atoms. The molecule has 1 aromatic carbocycles. The maximum Gasteiger partial charge on any atom is 0.325 e. The summed E-state index contributed by atoms with van der Waals surface area (Å²) in [5, 5.41) is 49.8. The first-order chi connectivity index (χ1) is 40.9. The van der Waals surface area contributed by atoms with Crippen molar-refractivity contribution in [2.45, 2.75) is 181 Å². The molecule has 3 fully saturated rings. The smallest absolute Gasteiger partial charge is 0.325 e. The third-order valence-electron chi connectivity index (χ3n) is 18.2. The van der Waals surface area contributed by atoms with Crippen molar-refractivity contribution in [3.8, 4) is 0 Å². The lowest BCUT2D eigenvalue weighted by Crippen LogP contribution is -2.59. The number of aromatic nitrogens is 2. The number of carbonyl (C=O) groups is 10. The number of anilines is 1. The summed E-state index contributed by atoms with van der Waals surface area (Å²) in [6.45, 7) is 9.47. The van der Waals surface area contributed by atoms with Crippen LogP contribution in [0.3, 0.4) is 0 Å². The van der Waals surface area contributed by atoms with E-state index in [-0.39, 0.29) is 72.4 Å². The van der Waals surface area contributed by atoms with Crippen LogP contribution in [0, 0.1) is 44.6 Å². The van der Waals surface area contributed by atoms with Crippen LogP contribution in [0.5, 0.6) is 0 Å². The third kappa shape index (κ3) is 16.4. The van der Waals surface area contributed by atoms with E-state index >= 15 is 0 Å². The third-order valence-corrected chi connectivity index (χ3v) is 18.2. The molecule has 0 radical (unpaired) electrons. The average molecular weight is 1200 g/mol. The number of amides is 9. The molecule has 0 bridgehead atoms. The molecule has 9 N–H and O–H groups in total. The molecule has 9 amide bonds. The fourth-order valence-corrected chi connectivity index (χ4v) is 13.3. The van der Waals surface area contributed by atoms with E-state index in [9.17, 15) is 63.2 Å². The number of allylic oxidation sites excluding steroid dienone is 1. The zero-order chi connectivity index (χ0) is 62.5. The van der Waals surface area contributed by atoms with Gasteiger partial charge in [-0.2, -0.15) is 0 Å². The maximum atomic E-state index is 13.9. The fourth-order valence-electron chi connectivity index (χ4n) is 13.3. The predicted octanol–water partition coefficient (Wildman–Crippen LogP) is 2.81. The van der Waals surface area contributed by atoms with Crippen molar-refractivity contribution in [1.82, 2.24) is 52.4 Å². The molecule has 0 saturated heterocycles. The monoisotopic (exact) mass is 1200 g/mol. The highest BCUT2D eigenvalue weighted by atomic mass is 16.6. The topological polar surface area (TPSA) is 382 Å². The predicted molar refractivity (Wildman–Crippen MR) is 310 cm³/mol. The van der Waals surface area contributed by atoms with E-state index in [1.165, 1.54) is 75.8 Å². The summed E-state index contributed by atoms with van der Waals surface area (Å²) >= 11 is 0. The van der Waals surface area contributed by atoms with Crippen LogP contribution in [-0.2, 0) is 52.7 Å². The molecule has 7 rings (SSSR count). The number of non-ortho nitro benzene ring substituents is 1. The van der Waals surface area contributed by atoms with Gasteiger partial charge in [0.2, 0.25) is 46.9 Å². The van der Waals surface area contributed by atoms with Crippen molar-refractivity contribution in [2.24, 2.45) is 34.5 Å². The van der Waals surface area contributed by atoms with Gasteiger partial charge < -0.3 is 52.4 Å². The number of imide groups is 1. The Hall–Kier alpha value is -7.84. The number of fused-ring (bicyclic) bond motifs is 6. The normalized spacial score (nSPS) is 23.9. The Morgan fingerprint density at radius 1 is 0.756 bits per heavy atom. The number of carbonyl (C=O) groups excluding carboxylic acids is 10. The lowest BCUT2D eigenvalue weighted by atomic mass is 9.48. The van der Waals surface area contributed by atoms with Crippen molar-refractivity contribution >= 4 is 81.5 Å². The maximum absolute atomic E-state index is 13.9. The Balaban J connectivity index is 0.872. The number of nitrogens with one attached hydrogen (secondary N) is 8. The van der Waals surface area contributed by atoms with Crippen molar-refractivity contribution in [3.63, 3.8) is 0 Å². The van der Waals surface area contributed by atoms with Gasteiger partial charge in [-0.3, -0.25) is 63.0 Å². The molecule has 11 atom stereocenters. The molecule has 27 heteroatoms. The molecular weight excluding hydrogens is 1120 g/mol. The first kappa shape index (κ1) is 65.7. The largest absolute Gasteiger partial charge is 0.461 e. The zero-order valence-electron chi connectivity index (χ0n) is 50.0. The van der Waals surface area contributed by atoms with Gasteiger partial charge >= 0.3 is 11.7 Å². The van der Waals surface area contributed by atoms with Crippen LogP contribution in [0.2, 0.25) is 0 Å². The van der Waals surface area contributed by atoms with Crippen molar-refractivity contribution in [3.05, 3.63) is 46.0 Å². The van der Waals surface area contributed by atoms with Crippen LogP contribution in [0.1, 0.15) is 144 Å². The van der Waals surface area contributed by atoms with Gasteiger partial charge in [-0.25, -0.2) is 4.63 Å². The van der Waals surface area contributed by atoms with Crippen LogP contribution in [0.4, 0.5) is 11.4 Å². The fraction of sp³-hybridized carbons (Fsp3) is 0.661. The first-order valence-corrected chi connectivity index (χ1v) is 30.1. The minimum atomic E-state index is -1.61. The van der Waals surface area contributed by atoms with Gasteiger partial charge in [0, 0.05) is 44.1 Å². The highest BCUT2D eigenvalue weighted by molar-refractivity contribution is 6.12. The minimum Gasteiger partial charge on any atom is -0.461 e. The number of rotatable bonds is 30. The molecule has 27 nitrogen and oxygen atoms in total. The Morgan fingerprint density at radius 2 is 1.45 bits per heavy atom. The average Bonchev–Trinajstić information content (AvgIpc) is 1.20. The Kier molecular flexibility index (Phi) is 22.5. The number of nitro groups is 1. The summed E-state index contributed by atoms with van der Waals surface area (Å²) in [6.07, 6.45) is 16.4. The van der Waals surface area contributed by atoms with Gasteiger partial charge in [0.1, 0.15) is 42.9 Å². The second kappa shape index (κ2) is 29.5. The molecule has 1 aliphatic heterocycles. The number of nitro benzene ring substituents is 1. The summed E-state index contributed by atoms with van der Waals surface area (Å²) < 4.78 is 10.6. The van der Waals surface area contributed by atoms with Crippen molar-refractivity contribution < 1.29 is 67.3 Å². The number of aliphatic hydroxyl groups is 1. The highest BCUT2D eigenvalue weighted by Gasteiger charge is 2.56. The number of ether oxygens (including phenoxy) is 1. The number of esters is 1. The van der Waals surface area contributed by atoms with Gasteiger partial charge in [-0.15, -0.1) is 0 Å². The van der Waals surface area contributed by atoms with E-state index in [1.54, 1.807) is 13.8 Å². The second-order valence-electron chi connectivity index (χ2n) is 24.5. The molecule has 5 aliphatic rings. The number of aliphatic hydroxyl groups excluding tert-OH is 1. The molecule has 0 spiro atoms. The van der Waals surface area contributed by atoms with Crippen LogP contribution < -0.4 is 42.5 Å². The molecule has 2 heterocycles. The van der Waals surface area contributed by atoms with Gasteiger partial charge in [0.25, 0.3) is 11.8 Å². The number of hydrogen-bond donors (Lipinski definition) is 9. The SMILES string of the molecule is CC(C)[C@H](NC(=O)CCCCCN1C(=O)C=CC1=O)C(=O)N[C@@H](C)C(=O)N[C@@H](C)C(=O)N[C@@H](CCCCNc1ccc([N+](=O)[O-])c2nonc12)C(=O)N[C@@H](CO)C(=O)NCC(=O)NCC(=O)O[C@H]1CC[C@@]2(C)C(=CC[C@H]3[C@@H]4CCC[C@@]4(C)CC[C@@H]32)C1. The molecule has 3 saturated carbocycles. The first-order valence-electron chi connectivity index (χ1n) is 30.1. The van der Waals surface area contributed by atoms with Crippen LogP contribution >= 0.6 is 0 Å². The molecule has 2 aromatic rings. The highest BCUT2D eigenvalue weighted by Crippen LogP contribution is 2.65. The van der Waals surface area contributed by atoms with Crippen LogP contribution in [0.25, 0.3) is 11.0 Å². The zero-order valence-corrected chi connectivity index (χ0v) is 50.0. The van der Waals surface area contributed by atoms with E-state index in [0.717, 1.165) is 30.1 Å². The van der Waals surface area contributed by atoms with Gasteiger partial charge in [0.15, 0.2) is 5.52 Å². The Labute approximate surface area is 499 Å². The van der Waals surface area contributed by atoms with Crippen molar-refractivity contribution in [1.29, 1.82) is 0 Å². The second-order valence-corrected chi connectivity index (χ2v) is 24.5. The number of benzene rings is 1. The van der Waals surface area contributed by atoms with E-state index < -0.39 is 108 Å². The van der Waals surface area contributed by atoms with E-state index in [2.05, 4.69) is 72.8 Å². The Bertz CT molecular complexity index is 2930.